The predicted octanol–water partition coefficient (Wildman–Crippen LogP) is 6.27. The average Bonchev–Trinajstić information content (AvgIpc) is 2.71. The van der Waals surface area contributed by atoms with Gasteiger partial charge in [-0.15, -0.1) is 0 Å². The summed E-state index contributed by atoms with van der Waals surface area (Å²) in [5.74, 6) is 0. The van der Waals surface area contributed by atoms with Gasteiger partial charge in [-0.2, -0.15) is 0 Å². The van der Waals surface area contributed by atoms with Gasteiger partial charge in [0.15, 0.2) is 0 Å². The maximum absolute atomic E-state index is 4.88. The number of fused-ring (bicyclic) bond motifs is 3. The van der Waals surface area contributed by atoms with Crippen LogP contribution >= 0.6 is 0 Å². The van der Waals surface area contributed by atoms with Gasteiger partial charge in [0.05, 0.1) is 11.0 Å². The van der Waals surface area contributed by atoms with Crippen LogP contribution in [0.3, 0.4) is 0 Å². The van der Waals surface area contributed by atoms with Crippen LogP contribution in [-0.4, -0.2) is 19.1 Å². The van der Waals surface area contributed by atoms with Crippen molar-refractivity contribution in [1.29, 1.82) is 0 Å². The summed E-state index contributed by atoms with van der Waals surface area (Å²) < 4.78 is 0. The molecular weight excluding hydrogens is 328 g/mol. The summed E-state index contributed by atoms with van der Waals surface area (Å²) in [5, 5.41) is 4.92. The zero-order valence-electron chi connectivity index (χ0n) is 15.5. The average molecular weight is 348 g/mol. The quantitative estimate of drug-likeness (QED) is 0.349. The molecule has 0 aliphatic rings. The second-order valence-corrected chi connectivity index (χ2v) is 7.09. The van der Waals surface area contributed by atoms with Crippen LogP contribution in [0.5, 0.6) is 0 Å². The molecule has 0 radical (unpaired) electrons. The fourth-order valence-corrected chi connectivity index (χ4v) is 4.02. The lowest BCUT2D eigenvalue weighted by molar-refractivity contribution is 1.14. The number of hydrogen-bond acceptors (Lipinski definition) is 2. The molecule has 0 aliphatic carbocycles. The van der Waals surface area contributed by atoms with Crippen molar-refractivity contribution in [2.45, 2.75) is 0 Å². The number of aromatic nitrogens is 1. The van der Waals surface area contributed by atoms with Gasteiger partial charge in [0.25, 0.3) is 0 Å². The van der Waals surface area contributed by atoms with E-state index >= 15 is 0 Å². The van der Waals surface area contributed by atoms with Gasteiger partial charge in [0, 0.05) is 41.5 Å². The first-order valence-corrected chi connectivity index (χ1v) is 9.21. The highest BCUT2D eigenvalue weighted by atomic mass is 15.1. The van der Waals surface area contributed by atoms with Gasteiger partial charge in [0.1, 0.15) is 0 Å². The standard InChI is InChI=1S/C25H20N2/c1-27(2)24-16-15-19(17-9-3-4-10-18(17)24)25-20-11-5-7-13-22(20)26-23-14-8-6-12-21(23)25/h3-16H,1-2H3. The molecule has 0 amide bonds. The van der Waals surface area contributed by atoms with E-state index in [1.54, 1.807) is 0 Å². The Morgan fingerprint density at radius 1 is 0.556 bits per heavy atom. The molecule has 0 N–H and O–H groups in total. The minimum absolute atomic E-state index is 1.03. The number of benzene rings is 4. The molecule has 0 saturated carbocycles. The SMILES string of the molecule is CN(C)c1ccc(-c2c3ccccc3nc3ccccc23)c2ccccc12. The first-order chi connectivity index (χ1) is 13.2. The Kier molecular flexibility index (Phi) is 3.58. The summed E-state index contributed by atoms with van der Waals surface area (Å²) in [4.78, 5) is 7.06. The van der Waals surface area contributed by atoms with Crippen molar-refractivity contribution < 1.29 is 0 Å². The minimum atomic E-state index is 1.03. The maximum Gasteiger partial charge on any atom is 0.0715 e. The van der Waals surface area contributed by atoms with Crippen LogP contribution in [0.25, 0.3) is 43.7 Å². The van der Waals surface area contributed by atoms with Crippen molar-refractivity contribution in [2.75, 3.05) is 19.0 Å². The van der Waals surface area contributed by atoms with Gasteiger partial charge in [-0.1, -0.05) is 66.7 Å². The molecule has 0 aliphatic heterocycles. The zero-order chi connectivity index (χ0) is 18.4. The maximum atomic E-state index is 4.88. The fourth-order valence-electron chi connectivity index (χ4n) is 4.02. The molecule has 27 heavy (non-hydrogen) atoms. The third kappa shape index (κ3) is 2.45. The first-order valence-electron chi connectivity index (χ1n) is 9.21. The van der Waals surface area contributed by atoms with Crippen LogP contribution in [0, 0.1) is 0 Å². The van der Waals surface area contributed by atoms with Crippen LogP contribution in [0.1, 0.15) is 0 Å². The number of nitrogens with zero attached hydrogens (tertiary/aromatic N) is 2. The van der Waals surface area contributed by atoms with Crippen LogP contribution in [0.2, 0.25) is 0 Å². The van der Waals surface area contributed by atoms with Gasteiger partial charge < -0.3 is 4.90 Å². The fraction of sp³-hybridized carbons (Fsp3) is 0.0800. The number of pyridine rings is 1. The summed E-state index contributed by atoms with van der Waals surface area (Å²) in [7, 11) is 4.19. The molecule has 2 nitrogen and oxygen atoms in total. The zero-order valence-corrected chi connectivity index (χ0v) is 15.5. The second-order valence-electron chi connectivity index (χ2n) is 7.09. The molecule has 4 aromatic carbocycles. The summed E-state index contributed by atoms with van der Waals surface area (Å²) >= 11 is 0. The van der Waals surface area contributed by atoms with Crippen molar-refractivity contribution >= 4 is 38.3 Å². The smallest absolute Gasteiger partial charge is 0.0715 e. The number of para-hydroxylation sites is 2. The monoisotopic (exact) mass is 348 g/mol. The van der Waals surface area contributed by atoms with E-state index in [1.807, 2.05) is 0 Å². The van der Waals surface area contributed by atoms with Gasteiger partial charge in [-0.3, -0.25) is 0 Å². The first kappa shape index (κ1) is 15.8. The molecule has 0 bridgehead atoms. The van der Waals surface area contributed by atoms with E-state index < -0.39 is 0 Å². The molecule has 5 aromatic rings. The molecule has 5 rings (SSSR count). The molecule has 130 valence electrons. The minimum Gasteiger partial charge on any atom is -0.377 e. The van der Waals surface area contributed by atoms with E-state index in [-0.39, 0.29) is 0 Å². The lowest BCUT2D eigenvalue weighted by Gasteiger charge is -2.19. The summed E-state index contributed by atoms with van der Waals surface area (Å²) in [5.41, 5.74) is 5.82. The largest absolute Gasteiger partial charge is 0.377 e. The molecule has 0 atom stereocenters. The Morgan fingerprint density at radius 2 is 1.07 bits per heavy atom. The normalized spacial score (nSPS) is 11.3. The Balaban J connectivity index is 1.98. The molecular formula is C25H20N2. The van der Waals surface area contributed by atoms with E-state index in [4.69, 9.17) is 4.98 Å². The third-order valence-corrected chi connectivity index (χ3v) is 5.24. The van der Waals surface area contributed by atoms with Crippen molar-refractivity contribution in [3.63, 3.8) is 0 Å². The highest BCUT2D eigenvalue weighted by Gasteiger charge is 2.15. The lowest BCUT2D eigenvalue weighted by Crippen LogP contribution is -2.09. The van der Waals surface area contributed by atoms with Crippen molar-refractivity contribution in [3.8, 4) is 11.1 Å². The molecule has 0 unspecified atom stereocenters. The van der Waals surface area contributed by atoms with Crippen molar-refractivity contribution in [1.82, 2.24) is 4.98 Å². The summed E-state index contributed by atoms with van der Waals surface area (Å²) in [6.45, 7) is 0. The van der Waals surface area contributed by atoms with Crippen LogP contribution in [-0.2, 0) is 0 Å². The summed E-state index contributed by atoms with van der Waals surface area (Å²) in [6, 6.07) is 30.0. The highest BCUT2D eigenvalue weighted by molar-refractivity contribution is 6.16. The van der Waals surface area contributed by atoms with Gasteiger partial charge in [0.2, 0.25) is 0 Å². The number of hydrogen-bond donors (Lipinski definition) is 0. The molecule has 1 aromatic heterocycles. The van der Waals surface area contributed by atoms with Crippen LogP contribution < -0.4 is 4.90 Å². The van der Waals surface area contributed by atoms with E-state index in [1.165, 1.54) is 38.4 Å². The third-order valence-electron chi connectivity index (χ3n) is 5.24. The molecule has 0 spiro atoms. The highest BCUT2D eigenvalue weighted by Crippen LogP contribution is 2.40. The molecule has 1 heterocycles. The lowest BCUT2D eigenvalue weighted by atomic mass is 9.91. The Labute approximate surface area is 158 Å². The number of anilines is 1. The van der Waals surface area contributed by atoms with Crippen molar-refractivity contribution in [2.24, 2.45) is 0 Å². The second kappa shape index (κ2) is 6.10. The van der Waals surface area contributed by atoms with E-state index in [0.717, 1.165) is 11.0 Å². The van der Waals surface area contributed by atoms with Crippen LogP contribution in [0.4, 0.5) is 5.69 Å². The molecule has 0 saturated heterocycles. The predicted molar refractivity (Wildman–Crippen MR) is 117 cm³/mol. The van der Waals surface area contributed by atoms with E-state index in [9.17, 15) is 0 Å². The Bertz CT molecular complexity index is 1250. The molecule has 0 fully saturated rings. The van der Waals surface area contributed by atoms with Gasteiger partial charge in [-0.25, -0.2) is 4.98 Å². The van der Waals surface area contributed by atoms with Crippen molar-refractivity contribution in [3.05, 3.63) is 84.9 Å². The Morgan fingerprint density at radius 3 is 1.67 bits per heavy atom. The number of rotatable bonds is 2. The molecule has 2 heteroatoms. The van der Waals surface area contributed by atoms with Gasteiger partial charge in [-0.05, 0) is 29.1 Å². The van der Waals surface area contributed by atoms with E-state index in [2.05, 4.69) is 104 Å². The topological polar surface area (TPSA) is 16.1 Å². The van der Waals surface area contributed by atoms with Gasteiger partial charge >= 0.3 is 0 Å². The summed E-state index contributed by atoms with van der Waals surface area (Å²) in [6.07, 6.45) is 0. The van der Waals surface area contributed by atoms with Crippen LogP contribution in [0.15, 0.2) is 84.9 Å². The van der Waals surface area contributed by atoms with E-state index in [0.29, 0.717) is 0 Å². The Hall–Kier alpha value is -3.39.